The fraction of sp³-hybridized carbons (Fsp3) is 0.0357. The van der Waals surface area contributed by atoms with Gasteiger partial charge in [-0.2, -0.15) is 26.3 Å². The maximum absolute atomic E-state index is 12.9. The summed E-state index contributed by atoms with van der Waals surface area (Å²) in [4.78, 5) is 0. The van der Waals surface area contributed by atoms with Gasteiger partial charge < -0.3 is 0 Å². The van der Waals surface area contributed by atoms with Gasteiger partial charge in [0.1, 0.15) is 0 Å². The van der Waals surface area contributed by atoms with Crippen LogP contribution in [0.5, 0.6) is 0 Å². The minimum absolute atomic E-state index is 0.519. The summed E-state index contributed by atoms with van der Waals surface area (Å²) in [5.41, 5.74) is 3.39. The molecule has 0 nitrogen and oxygen atoms in total. The average Bonchev–Trinajstić information content (AvgIpc) is 3.26. The second kappa shape index (κ2) is 15.0. The van der Waals surface area contributed by atoms with Gasteiger partial charge in [0, 0.05) is 22.3 Å². The molecular formula is C56H30F6. The Balaban J connectivity index is 0.869. The highest BCUT2D eigenvalue weighted by molar-refractivity contribution is 6.07. The second-order valence-electron chi connectivity index (χ2n) is 15.4. The summed E-state index contributed by atoms with van der Waals surface area (Å²) in [6, 6.07) is 52.0. The van der Waals surface area contributed by atoms with Gasteiger partial charge in [-0.3, -0.25) is 0 Å². The highest BCUT2D eigenvalue weighted by Gasteiger charge is 2.30. The molecule has 0 amide bonds. The molecule has 10 aromatic carbocycles. The molecule has 0 saturated heterocycles. The second-order valence-corrected chi connectivity index (χ2v) is 15.4. The number of halogens is 6. The Morgan fingerprint density at radius 2 is 0.516 bits per heavy atom. The van der Waals surface area contributed by atoms with E-state index in [1.165, 1.54) is 24.3 Å². The zero-order valence-corrected chi connectivity index (χ0v) is 32.6. The van der Waals surface area contributed by atoms with E-state index in [0.717, 1.165) is 111 Å². The van der Waals surface area contributed by atoms with Crippen molar-refractivity contribution in [3.05, 3.63) is 214 Å². The van der Waals surface area contributed by atoms with E-state index in [0.29, 0.717) is 11.1 Å². The first-order chi connectivity index (χ1) is 29.9. The molecule has 0 N–H and O–H groups in total. The van der Waals surface area contributed by atoms with Crippen molar-refractivity contribution >= 4 is 76.8 Å². The van der Waals surface area contributed by atoms with Crippen LogP contribution in [0.4, 0.5) is 26.3 Å². The van der Waals surface area contributed by atoms with Crippen molar-refractivity contribution in [2.24, 2.45) is 0 Å². The summed E-state index contributed by atoms with van der Waals surface area (Å²) < 4.78 is 77.6. The molecule has 0 aliphatic carbocycles. The molecule has 10 rings (SSSR count). The third kappa shape index (κ3) is 7.95. The molecule has 0 bridgehead atoms. The van der Waals surface area contributed by atoms with Gasteiger partial charge in [0.2, 0.25) is 0 Å². The Morgan fingerprint density at radius 1 is 0.258 bits per heavy atom. The molecule has 0 heterocycles. The van der Waals surface area contributed by atoms with E-state index in [9.17, 15) is 26.3 Å². The number of hydrogen-bond donors (Lipinski definition) is 0. The first-order valence-electron chi connectivity index (χ1n) is 19.8. The van der Waals surface area contributed by atoms with Gasteiger partial charge in [-0.15, -0.1) is 0 Å². The van der Waals surface area contributed by atoms with E-state index in [1.807, 2.05) is 36.4 Å². The monoisotopic (exact) mass is 816 g/mol. The van der Waals surface area contributed by atoms with Crippen LogP contribution in [-0.2, 0) is 12.4 Å². The van der Waals surface area contributed by atoms with Crippen LogP contribution in [0.1, 0.15) is 44.5 Å². The van der Waals surface area contributed by atoms with E-state index in [2.05, 4.69) is 121 Å². The lowest BCUT2D eigenvalue weighted by Gasteiger charge is -2.07. The molecule has 0 aromatic heterocycles. The lowest BCUT2D eigenvalue weighted by Crippen LogP contribution is -2.04. The van der Waals surface area contributed by atoms with E-state index in [-0.39, 0.29) is 0 Å². The number of benzene rings is 10. The van der Waals surface area contributed by atoms with Crippen molar-refractivity contribution < 1.29 is 26.3 Å². The molecule has 0 radical (unpaired) electrons. The Labute approximate surface area is 352 Å². The third-order valence-corrected chi connectivity index (χ3v) is 11.1. The van der Waals surface area contributed by atoms with Gasteiger partial charge in [0.05, 0.1) is 11.1 Å². The van der Waals surface area contributed by atoms with Gasteiger partial charge >= 0.3 is 12.4 Å². The molecule has 0 fully saturated rings. The van der Waals surface area contributed by atoms with Crippen LogP contribution >= 0.6 is 0 Å². The molecule has 62 heavy (non-hydrogen) atoms. The van der Waals surface area contributed by atoms with Gasteiger partial charge in [0.15, 0.2) is 0 Å². The summed E-state index contributed by atoms with van der Waals surface area (Å²) in [6.07, 6.45) is -4.50. The molecule has 0 spiro atoms. The van der Waals surface area contributed by atoms with Crippen molar-refractivity contribution in [2.75, 3.05) is 0 Å². The van der Waals surface area contributed by atoms with Crippen LogP contribution in [0.25, 0.3) is 76.8 Å². The molecule has 0 aliphatic heterocycles. The molecule has 10 aromatic rings. The minimum atomic E-state index is -4.38. The van der Waals surface area contributed by atoms with Gasteiger partial charge in [-0.05, 0) is 209 Å². The Kier molecular flexibility index (Phi) is 9.31. The van der Waals surface area contributed by atoms with E-state index in [4.69, 9.17) is 0 Å². The molecule has 296 valence electrons. The number of rotatable bonds is 2. The van der Waals surface area contributed by atoms with Crippen LogP contribution in [0.3, 0.4) is 0 Å². The fourth-order valence-corrected chi connectivity index (χ4v) is 7.86. The first kappa shape index (κ1) is 38.4. The van der Waals surface area contributed by atoms with Crippen LogP contribution in [0.2, 0.25) is 0 Å². The van der Waals surface area contributed by atoms with Crippen LogP contribution in [-0.4, -0.2) is 0 Å². The van der Waals surface area contributed by atoms with Crippen molar-refractivity contribution in [3.63, 3.8) is 0 Å². The number of hydrogen-bond acceptors (Lipinski definition) is 0. The van der Waals surface area contributed by atoms with Crippen LogP contribution in [0, 0.1) is 23.7 Å². The van der Waals surface area contributed by atoms with Crippen LogP contribution in [0.15, 0.2) is 170 Å². The number of fused-ring (bicyclic) bond motifs is 6. The predicted octanol–water partition coefficient (Wildman–Crippen LogP) is 15.6. The Morgan fingerprint density at radius 3 is 0.855 bits per heavy atom. The van der Waals surface area contributed by atoms with E-state index < -0.39 is 23.5 Å². The zero-order valence-electron chi connectivity index (χ0n) is 32.6. The van der Waals surface area contributed by atoms with Crippen molar-refractivity contribution in [1.29, 1.82) is 0 Å². The van der Waals surface area contributed by atoms with Gasteiger partial charge in [0.25, 0.3) is 0 Å². The maximum Gasteiger partial charge on any atom is 0.416 e. The summed E-state index contributed by atoms with van der Waals surface area (Å²) in [7, 11) is 0. The maximum atomic E-state index is 12.9. The molecule has 6 heteroatoms. The highest BCUT2D eigenvalue weighted by atomic mass is 19.4. The molecule has 0 unspecified atom stereocenters. The molecule has 0 atom stereocenters. The zero-order chi connectivity index (χ0) is 42.6. The minimum Gasteiger partial charge on any atom is -0.166 e. The predicted molar refractivity (Wildman–Crippen MR) is 242 cm³/mol. The van der Waals surface area contributed by atoms with Crippen molar-refractivity contribution in [2.45, 2.75) is 12.4 Å². The Hall–Kier alpha value is -7.80. The van der Waals surface area contributed by atoms with Crippen molar-refractivity contribution in [1.82, 2.24) is 0 Å². The third-order valence-electron chi connectivity index (χ3n) is 11.1. The van der Waals surface area contributed by atoms with Crippen LogP contribution < -0.4 is 0 Å². The lowest BCUT2D eigenvalue weighted by atomic mass is 9.97. The SMILES string of the molecule is FC(F)(F)c1ccc(C#Cc2ccc3cc4cc5cc(/C=C/c6ccc7cc8cc9cc(C#Cc%10ccc(C(F)(F)F)cc%10)ccc9cc8cc7c6)ccc5cc4cc3c2)cc1. The molecule has 0 aliphatic rings. The fourth-order valence-electron chi connectivity index (χ4n) is 7.86. The summed E-state index contributed by atoms with van der Waals surface area (Å²) >= 11 is 0. The van der Waals surface area contributed by atoms with E-state index >= 15 is 0 Å². The van der Waals surface area contributed by atoms with E-state index in [1.54, 1.807) is 0 Å². The number of alkyl halides is 6. The lowest BCUT2D eigenvalue weighted by molar-refractivity contribution is -0.138. The average molecular weight is 817 g/mol. The van der Waals surface area contributed by atoms with Gasteiger partial charge in [-0.1, -0.05) is 72.2 Å². The molecule has 0 saturated carbocycles. The Bertz CT molecular complexity index is 3350. The molecular weight excluding hydrogens is 787 g/mol. The standard InChI is InChI=1S/C56H30F6/c57-55(58,59)53-19-11-35(12-20-53)1-3-37-7-15-41-27-51-33-47-25-39(9-17-43(47)29-49(51)31-45(41)23-37)5-6-40-10-18-44-30-50-32-46-24-38(8-16-42(46)28-52(50)34-48(44)26-40)4-2-36-13-21-54(22-14-36)56(60,61)62/h5-34H/b6-5+. The smallest absolute Gasteiger partial charge is 0.166 e. The normalized spacial score (nSPS) is 12.0. The largest absolute Gasteiger partial charge is 0.416 e. The summed E-state index contributed by atoms with van der Waals surface area (Å²) in [5.74, 6) is 12.1. The summed E-state index contributed by atoms with van der Waals surface area (Å²) in [5, 5.41) is 13.2. The van der Waals surface area contributed by atoms with Gasteiger partial charge in [-0.25, -0.2) is 0 Å². The first-order valence-corrected chi connectivity index (χ1v) is 19.8. The topological polar surface area (TPSA) is 0 Å². The highest BCUT2D eigenvalue weighted by Crippen LogP contribution is 2.33. The van der Waals surface area contributed by atoms with Crippen molar-refractivity contribution in [3.8, 4) is 23.7 Å². The summed E-state index contributed by atoms with van der Waals surface area (Å²) in [6.45, 7) is 0. The quantitative estimate of drug-likeness (QED) is 0.0706.